The molecule has 0 spiro atoms. The molecule has 186 valence electrons. The molecular formula is C31H29BO5. The zero-order chi connectivity index (χ0) is 25.9. The molecule has 0 saturated heterocycles. The molecule has 37 heavy (non-hydrogen) atoms. The van der Waals surface area contributed by atoms with Gasteiger partial charge in [0.05, 0.1) is 0 Å². The second-order valence-electron chi connectivity index (χ2n) is 8.60. The van der Waals surface area contributed by atoms with Gasteiger partial charge in [-0.2, -0.15) is 0 Å². The van der Waals surface area contributed by atoms with Gasteiger partial charge in [-0.3, -0.25) is 0 Å². The van der Waals surface area contributed by atoms with Crippen LogP contribution in [0.4, 0.5) is 0 Å². The zero-order valence-electron chi connectivity index (χ0n) is 20.4. The number of para-hydroxylation sites is 1. The third-order valence-electron chi connectivity index (χ3n) is 6.29. The van der Waals surface area contributed by atoms with E-state index >= 15 is 0 Å². The van der Waals surface area contributed by atoms with Crippen molar-refractivity contribution >= 4 is 18.3 Å². The van der Waals surface area contributed by atoms with Crippen LogP contribution in [0.25, 0.3) is 11.0 Å². The van der Waals surface area contributed by atoms with Crippen molar-refractivity contribution < 1.29 is 19.1 Å². The summed E-state index contributed by atoms with van der Waals surface area (Å²) in [6.45, 7) is 0.284. The van der Waals surface area contributed by atoms with E-state index in [1.807, 2.05) is 36.4 Å². The van der Waals surface area contributed by atoms with Gasteiger partial charge < -0.3 is 19.1 Å². The largest absolute Gasteiger partial charge is 0.633 e. The summed E-state index contributed by atoms with van der Waals surface area (Å²) in [5, 5.41) is 18.9. The minimum absolute atomic E-state index is 0.284. The maximum atomic E-state index is 10.7. The van der Waals surface area contributed by atoms with Crippen molar-refractivity contribution in [1.82, 2.24) is 0 Å². The van der Waals surface area contributed by atoms with Crippen molar-refractivity contribution in [3.63, 3.8) is 0 Å². The summed E-state index contributed by atoms with van der Waals surface area (Å²) in [6, 6.07) is 41.9. The third-order valence-corrected chi connectivity index (χ3v) is 6.29. The number of benzene rings is 4. The lowest BCUT2D eigenvalue weighted by Crippen LogP contribution is -2.30. The van der Waals surface area contributed by atoms with E-state index in [1.54, 1.807) is 12.1 Å². The average molecular weight is 492 g/mol. The first-order chi connectivity index (χ1) is 18.1. The predicted octanol–water partition coefficient (Wildman–Crippen LogP) is 5.58. The van der Waals surface area contributed by atoms with Crippen LogP contribution in [-0.4, -0.2) is 24.0 Å². The molecule has 1 heterocycles. The molecule has 5 aromatic rings. The van der Waals surface area contributed by atoms with Gasteiger partial charge in [-0.15, -0.1) is 0 Å². The van der Waals surface area contributed by atoms with E-state index in [-0.39, 0.29) is 17.6 Å². The van der Waals surface area contributed by atoms with Gasteiger partial charge in [-0.1, -0.05) is 109 Å². The molecule has 5 rings (SSSR count). The van der Waals surface area contributed by atoms with E-state index in [9.17, 15) is 4.79 Å². The Morgan fingerprint density at radius 2 is 1.14 bits per heavy atom. The van der Waals surface area contributed by atoms with Gasteiger partial charge in [0.2, 0.25) is 0 Å². The topological polar surface area (TPSA) is 79.9 Å². The number of rotatable bonds is 8. The highest BCUT2D eigenvalue weighted by atomic mass is 16.6. The van der Waals surface area contributed by atoms with Crippen LogP contribution in [0.1, 0.15) is 29.5 Å². The van der Waals surface area contributed by atoms with Crippen molar-refractivity contribution in [1.29, 1.82) is 0 Å². The smallest absolute Gasteiger partial charge is 0.423 e. The lowest BCUT2D eigenvalue weighted by atomic mass is 9.67. The molecule has 0 bridgehead atoms. The highest BCUT2D eigenvalue weighted by molar-refractivity contribution is 6.32. The summed E-state index contributed by atoms with van der Waals surface area (Å²) in [4.78, 5) is 10.7. The highest BCUT2D eigenvalue weighted by Gasteiger charge is 2.35. The first-order valence-corrected chi connectivity index (χ1v) is 12.2. The van der Waals surface area contributed by atoms with Crippen molar-refractivity contribution in [3.05, 3.63) is 155 Å². The Labute approximate surface area is 216 Å². The molecule has 0 aliphatic heterocycles. The Morgan fingerprint density at radius 1 is 0.649 bits per heavy atom. The summed E-state index contributed by atoms with van der Waals surface area (Å²) >= 11 is 0. The first kappa shape index (κ1) is 26.1. The van der Waals surface area contributed by atoms with Crippen molar-refractivity contribution in [2.24, 2.45) is 0 Å². The standard InChI is InChI=1S/C22H23BO3.C9H6O2/c24-23(25)26-18-10-17-22(19-11-4-1-5-12-19,20-13-6-2-7-14-20)21-15-8-3-9-16-21;10-9-6-5-7-3-1-2-4-8(7)11-9/h1-9,11-16,24-25H,10,17-18H2;1-6H. The Morgan fingerprint density at radius 3 is 1.65 bits per heavy atom. The van der Waals surface area contributed by atoms with E-state index in [1.165, 1.54) is 22.8 Å². The molecule has 4 aromatic carbocycles. The molecule has 5 nitrogen and oxygen atoms in total. The van der Waals surface area contributed by atoms with Crippen LogP contribution in [0.2, 0.25) is 0 Å². The molecule has 0 unspecified atom stereocenters. The molecule has 0 aliphatic carbocycles. The summed E-state index contributed by atoms with van der Waals surface area (Å²) in [5.41, 5.74) is 3.64. The molecule has 1 aromatic heterocycles. The van der Waals surface area contributed by atoms with Crippen molar-refractivity contribution in [3.8, 4) is 0 Å². The van der Waals surface area contributed by atoms with E-state index < -0.39 is 7.32 Å². The average Bonchev–Trinajstić information content (AvgIpc) is 2.95. The lowest BCUT2D eigenvalue weighted by molar-refractivity contribution is 0.179. The van der Waals surface area contributed by atoms with Crippen LogP contribution >= 0.6 is 0 Å². The van der Waals surface area contributed by atoms with Crippen LogP contribution in [-0.2, 0) is 10.1 Å². The maximum Gasteiger partial charge on any atom is 0.633 e. The fraction of sp³-hybridized carbons (Fsp3) is 0.129. The molecule has 6 heteroatoms. The van der Waals surface area contributed by atoms with E-state index in [2.05, 4.69) is 72.8 Å². The first-order valence-electron chi connectivity index (χ1n) is 12.2. The molecule has 0 atom stereocenters. The second kappa shape index (κ2) is 12.8. The van der Waals surface area contributed by atoms with Crippen LogP contribution in [0.5, 0.6) is 0 Å². The minimum Gasteiger partial charge on any atom is -0.423 e. The predicted molar refractivity (Wildman–Crippen MR) is 147 cm³/mol. The summed E-state index contributed by atoms with van der Waals surface area (Å²) < 4.78 is 9.86. The molecule has 0 fully saturated rings. The molecule has 0 aliphatic rings. The highest BCUT2D eigenvalue weighted by Crippen LogP contribution is 2.42. The summed E-state index contributed by atoms with van der Waals surface area (Å²) in [7, 11) is -1.73. The van der Waals surface area contributed by atoms with Crippen molar-refractivity contribution in [2.75, 3.05) is 6.61 Å². The monoisotopic (exact) mass is 492 g/mol. The van der Waals surface area contributed by atoms with E-state index in [0.29, 0.717) is 12.0 Å². The fourth-order valence-corrected chi connectivity index (χ4v) is 4.64. The van der Waals surface area contributed by atoms with Crippen LogP contribution in [0.15, 0.2) is 137 Å². The summed E-state index contributed by atoms with van der Waals surface area (Å²) in [5.74, 6) is 0. The third kappa shape index (κ3) is 6.63. The molecule has 2 N–H and O–H groups in total. The Kier molecular flexibility index (Phi) is 9.05. The number of fused-ring (bicyclic) bond motifs is 1. The van der Waals surface area contributed by atoms with Gasteiger partial charge in [0, 0.05) is 23.5 Å². The van der Waals surface area contributed by atoms with Gasteiger partial charge in [0.15, 0.2) is 0 Å². The SMILES string of the molecule is O=c1ccc2ccccc2o1.OB(O)OCCCC(c1ccccc1)(c1ccccc1)c1ccccc1. The van der Waals surface area contributed by atoms with Gasteiger partial charge in [-0.05, 0) is 41.7 Å². The quantitative estimate of drug-likeness (QED) is 0.128. The zero-order valence-corrected chi connectivity index (χ0v) is 20.4. The van der Waals surface area contributed by atoms with Gasteiger partial charge in [0.25, 0.3) is 0 Å². The lowest BCUT2D eigenvalue weighted by Gasteiger charge is -2.36. The normalized spacial score (nSPS) is 11.0. The summed E-state index contributed by atoms with van der Waals surface area (Å²) in [6.07, 6.45) is 1.48. The number of hydrogen-bond acceptors (Lipinski definition) is 5. The molecule has 0 radical (unpaired) electrons. The Hall–Kier alpha value is -3.97. The van der Waals surface area contributed by atoms with Gasteiger partial charge >= 0.3 is 12.9 Å². The molecule has 0 amide bonds. The minimum atomic E-state index is -1.73. The van der Waals surface area contributed by atoms with Crippen LogP contribution < -0.4 is 5.63 Å². The molecular weight excluding hydrogens is 463 g/mol. The van der Waals surface area contributed by atoms with Crippen molar-refractivity contribution in [2.45, 2.75) is 18.3 Å². The Bertz CT molecular complexity index is 1320. The molecule has 0 saturated carbocycles. The second-order valence-corrected chi connectivity index (χ2v) is 8.60. The fourth-order valence-electron chi connectivity index (χ4n) is 4.64. The van der Waals surface area contributed by atoms with Crippen LogP contribution in [0.3, 0.4) is 0 Å². The van der Waals surface area contributed by atoms with Crippen LogP contribution in [0, 0.1) is 0 Å². The maximum absolute atomic E-state index is 10.7. The Balaban J connectivity index is 0.000000241. The van der Waals surface area contributed by atoms with Gasteiger partial charge in [-0.25, -0.2) is 4.79 Å². The van der Waals surface area contributed by atoms with Gasteiger partial charge in [0.1, 0.15) is 5.58 Å². The van der Waals surface area contributed by atoms with E-state index in [0.717, 1.165) is 11.8 Å². The van der Waals surface area contributed by atoms with E-state index in [4.69, 9.17) is 19.1 Å². The number of hydrogen-bond donors (Lipinski definition) is 2.